The lowest BCUT2D eigenvalue weighted by molar-refractivity contribution is 0.0607. The quantitative estimate of drug-likeness (QED) is 0.557. The maximum Gasteiger partial charge on any atom is 0.417 e. The Kier molecular flexibility index (Phi) is 6.18. The van der Waals surface area contributed by atoms with Crippen molar-refractivity contribution in [1.82, 2.24) is 0 Å². The summed E-state index contributed by atoms with van der Waals surface area (Å²) < 4.78 is 15.3. The van der Waals surface area contributed by atoms with E-state index in [4.69, 9.17) is 25.8 Å². The number of hydrogen-bond donors (Lipinski definition) is 1. The van der Waals surface area contributed by atoms with E-state index in [1.807, 2.05) is 6.07 Å². The minimum Gasteiger partial charge on any atom is -0.497 e. The molecule has 1 aromatic heterocycles. The first-order valence-corrected chi connectivity index (χ1v) is 9.31. The fourth-order valence-corrected chi connectivity index (χ4v) is 3.75. The van der Waals surface area contributed by atoms with E-state index < -0.39 is 12.1 Å². The highest BCUT2D eigenvalue weighted by atomic mass is 35.5. The molecule has 0 unspecified atom stereocenters. The molecule has 3 rings (SSSR count). The van der Waals surface area contributed by atoms with Crippen LogP contribution in [0.2, 0.25) is 5.02 Å². The molecule has 144 valence electrons. The highest BCUT2D eigenvalue weighted by Gasteiger charge is 2.21. The molecule has 0 atom stereocenters. The molecule has 0 saturated carbocycles. The molecule has 1 heterocycles. The third-order valence-corrected chi connectivity index (χ3v) is 5.21. The molecule has 1 N–H and O–H groups in total. The molecular weight excluding hydrogens is 402 g/mol. The summed E-state index contributed by atoms with van der Waals surface area (Å²) in [4.78, 5) is 25.3. The van der Waals surface area contributed by atoms with Crippen LogP contribution >= 0.6 is 22.9 Å². The SMILES string of the molecule is COC(=O)c1sc(-c2cc(OC)ccc2Cl)cc1NC(=O)Oc1ccccc1. The molecule has 0 saturated heterocycles. The first kappa shape index (κ1) is 19.7. The standard InChI is InChI=1S/C20H16ClNO5S/c1-25-13-8-9-15(21)14(10-13)17-11-16(18(28-17)19(23)26-2)22-20(24)27-12-6-4-3-5-7-12/h3-11H,1-2H3,(H,22,24). The Labute approximate surface area is 170 Å². The number of hydrogen-bond acceptors (Lipinski definition) is 6. The van der Waals surface area contributed by atoms with E-state index in [0.717, 1.165) is 11.3 Å². The van der Waals surface area contributed by atoms with Gasteiger partial charge in [-0.25, -0.2) is 9.59 Å². The molecule has 28 heavy (non-hydrogen) atoms. The topological polar surface area (TPSA) is 73.9 Å². The maximum absolute atomic E-state index is 12.2. The predicted octanol–water partition coefficient (Wildman–Crippen LogP) is 5.47. The fourth-order valence-electron chi connectivity index (χ4n) is 2.41. The van der Waals surface area contributed by atoms with E-state index in [1.54, 1.807) is 55.6 Å². The normalized spacial score (nSPS) is 10.2. The second-order valence-corrected chi connectivity index (χ2v) is 6.98. The van der Waals surface area contributed by atoms with Gasteiger partial charge in [0.05, 0.1) is 19.9 Å². The van der Waals surface area contributed by atoms with Gasteiger partial charge in [0.15, 0.2) is 0 Å². The number of benzene rings is 2. The number of thiophene rings is 1. The third-order valence-electron chi connectivity index (χ3n) is 3.73. The fraction of sp³-hybridized carbons (Fsp3) is 0.100. The van der Waals surface area contributed by atoms with Crippen LogP contribution in [0.3, 0.4) is 0 Å². The molecule has 0 radical (unpaired) electrons. The van der Waals surface area contributed by atoms with Crippen LogP contribution in [0.25, 0.3) is 10.4 Å². The number of carbonyl (C=O) groups excluding carboxylic acids is 2. The van der Waals surface area contributed by atoms with E-state index in [1.165, 1.54) is 7.11 Å². The summed E-state index contributed by atoms with van der Waals surface area (Å²) in [5.74, 6) is 0.418. The van der Waals surface area contributed by atoms with Crippen molar-refractivity contribution < 1.29 is 23.8 Å². The van der Waals surface area contributed by atoms with Crippen LogP contribution in [-0.2, 0) is 4.74 Å². The Hall–Kier alpha value is -3.03. The molecule has 0 aliphatic heterocycles. The van der Waals surface area contributed by atoms with Gasteiger partial charge >= 0.3 is 12.1 Å². The molecule has 0 spiro atoms. The summed E-state index contributed by atoms with van der Waals surface area (Å²) in [6.07, 6.45) is -0.725. The molecule has 0 aliphatic carbocycles. The highest BCUT2D eigenvalue weighted by Crippen LogP contribution is 2.40. The monoisotopic (exact) mass is 417 g/mol. The summed E-state index contributed by atoms with van der Waals surface area (Å²) >= 11 is 7.44. The number of amides is 1. The van der Waals surface area contributed by atoms with Gasteiger partial charge in [-0.2, -0.15) is 0 Å². The summed E-state index contributed by atoms with van der Waals surface area (Å²) in [6.45, 7) is 0. The molecule has 0 bridgehead atoms. The average Bonchev–Trinajstić information content (AvgIpc) is 3.11. The average molecular weight is 418 g/mol. The largest absolute Gasteiger partial charge is 0.497 e. The molecule has 2 aromatic carbocycles. The van der Waals surface area contributed by atoms with Gasteiger partial charge < -0.3 is 14.2 Å². The van der Waals surface area contributed by atoms with E-state index in [-0.39, 0.29) is 10.6 Å². The minimum absolute atomic E-state index is 0.224. The predicted molar refractivity (Wildman–Crippen MR) is 109 cm³/mol. The van der Waals surface area contributed by atoms with Crippen LogP contribution in [0.15, 0.2) is 54.6 Å². The minimum atomic E-state index is -0.725. The van der Waals surface area contributed by atoms with Crippen molar-refractivity contribution in [2.24, 2.45) is 0 Å². The van der Waals surface area contributed by atoms with Crippen molar-refractivity contribution in [1.29, 1.82) is 0 Å². The number of anilines is 1. The van der Waals surface area contributed by atoms with Crippen LogP contribution < -0.4 is 14.8 Å². The first-order valence-electron chi connectivity index (χ1n) is 8.11. The summed E-state index contributed by atoms with van der Waals surface area (Å²) in [6, 6.07) is 15.4. The van der Waals surface area contributed by atoms with Crippen molar-refractivity contribution in [2.45, 2.75) is 0 Å². The Morgan fingerprint density at radius 3 is 2.43 bits per heavy atom. The number of ether oxygens (including phenoxy) is 3. The van der Waals surface area contributed by atoms with Crippen molar-refractivity contribution in [2.75, 3.05) is 19.5 Å². The number of halogens is 1. The second-order valence-electron chi connectivity index (χ2n) is 5.52. The van der Waals surface area contributed by atoms with Crippen LogP contribution in [0.4, 0.5) is 10.5 Å². The number of para-hydroxylation sites is 1. The lowest BCUT2D eigenvalue weighted by Crippen LogP contribution is -2.18. The van der Waals surface area contributed by atoms with Gasteiger partial charge in [-0.05, 0) is 36.4 Å². The summed E-state index contributed by atoms with van der Waals surface area (Å²) in [5, 5.41) is 3.07. The first-order chi connectivity index (χ1) is 13.5. The van der Waals surface area contributed by atoms with Crippen molar-refractivity contribution in [3.05, 3.63) is 64.5 Å². The van der Waals surface area contributed by atoms with Crippen molar-refractivity contribution >= 4 is 40.7 Å². The lowest BCUT2D eigenvalue weighted by Gasteiger charge is -2.06. The van der Waals surface area contributed by atoms with E-state index in [2.05, 4.69) is 5.32 Å². The summed E-state index contributed by atoms with van der Waals surface area (Å²) in [5.41, 5.74) is 0.937. The molecular formula is C20H16ClNO5S. The Morgan fingerprint density at radius 1 is 1.00 bits per heavy atom. The number of methoxy groups -OCH3 is 2. The summed E-state index contributed by atoms with van der Waals surface area (Å²) in [7, 11) is 2.82. The zero-order chi connectivity index (χ0) is 20.1. The smallest absolute Gasteiger partial charge is 0.417 e. The maximum atomic E-state index is 12.2. The molecule has 0 aliphatic rings. The Bertz CT molecular complexity index is 1000. The number of esters is 1. The zero-order valence-electron chi connectivity index (χ0n) is 15.0. The number of carbonyl (C=O) groups is 2. The lowest BCUT2D eigenvalue weighted by atomic mass is 10.1. The van der Waals surface area contributed by atoms with E-state index in [0.29, 0.717) is 27.0 Å². The van der Waals surface area contributed by atoms with Crippen LogP contribution in [0.5, 0.6) is 11.5 Å². The second kappa shape index (κ2) is 8.77. The van der Waals surface area contributed by atoms with Gasteiger partial charge in [0, 0.05) is 15.5 Å². The van der Waals surface area contributed by atoms with E-state index >= 15 is 0 Å². The number of rotatable bonds is 5. The van der Waals surface area contributed by atoms with Gasteiger partial charge in [-0.15, -0.1) is 11.3 Å². The third kappa shape index (κ3) is 4.44. The van der Waals surface area contributed by atoms with Crippen molar-refractivity contribution in [3.63, 3.8) is 0 Å². The molecule has 0 fully saturated rings. The molecule has 1 amide bonds. The molecule has 6 nitrogen and oxygen atoms in total. The zero-order valence-corrected chi connectivity index (χ0v) is 16.6. The van der Waals surface area contributed by atoms with Gasteiger partial charge in [0.1, 0.15) is 16.4 Å². The highest BCUT2D eigenvalue weighted by molar-refractivity contribution is 7.18. The van der Waals surface area contributed by atoms with Crippen LogP contribution in [0, 0.1) is 0 Å². The van der Waals surface area contributed by atoms with Gasteiger partial charge in [0.2, 0.25) is 0 Å². The number of nitrogens with one attached hydrogen (secondary N) is 1. The van der Waals surface area contributed by atoms with Crippen LogP contribution in [0.1, 0.15) is 9.67 Å². The Morgan fingerprint density at radius 2 is 1.75 bits per heavy atom. The van der Waals surface area contributed by atoms with Gasteiger partial charge in [-0.1, -0.05) is 29.8 Å². The van der Waals surface area contributed by atoms with Gasteiger partial charge in [0.25, 0.3) is 0 Å². The van der Waals surface area contributed by atoms with E-state index in [9.17, 15) is 9.59 Å². The Balaban J connectivity index is 1.92. The molecule has 3 aromatic rings. The van der Waals surface area contributed by atoms with Gasteiger partial charge in [-0.3, -0.25) is 5.32 Å². The van der Waals surface area contributed by atoms with Crippen LogP contribution in [-0.4, -0.2) is 26.3 Å². The van der Waals surface area contributed by atoms with Crippen molar-refractivity contribution in [3.8, 4) is 21.9 Å². The molecule has 8 heteroatoms.